The van der Waals surface area contributed by atoms with Gasteiger partial charge in [0.1, 0.15) is 10.7 Å². The van der Waals surface area contributed by atoms with Crippen LogP contribution >= 0.6 is 0 Å². The molecule has 1 heterocycles. The Balaban J connectivity index is 1.21. The highest BCUT2D eigenvalue weighted by Gasteiger charge is 2.51. The van der Waals surface area contributed by atoms with Crippen molar-refractivity contribution in [3.63, 3.8) is 0 Å². The predicted octanol–water partition coefficient (Wildman–Crippen LogP) is 3.31. The average Bonchev–Trinajstić information content (AvgIpc) is 3.09. The van der Waals surface area contributed by atoms with Crippen LogP contribution in [-0.2, 0) is 14.8 Å². The Kier molecular flexibility index (Phi) is 4.74. The van der Waals surface area contributed by atoms with Gasteiger partial charge in [0.05, 0.1) is 0 Å². The van der Waals surface area contributed by atoms with E-state index in [1.165, 1.54) is 47.8 Å². The van der Waals surface area contributed by atoms with Gasteiger partial charge in [0, 0.05) is 25.0 Å². The molecule has 5 fully saturated rings. The molecule has 4 bridgehead atoms. The second-order valence-electron chi connectivity index (χ2n) is 9.90. The molecule has 1 saturated heterocycles. The monoisotopic (exact) mass is 420 g/mol. The summed E-state index contributed by atoms with van der Waals surface area (Å²) in [6, 6.07) is 5.48. The van der Waals surface area contributed by atoms with Crippen molar-refractivity contribution in [3.05, 3.63) is 30.1 Å². The summed E-state index contributed by atoms with van der Waals surface area (Å²) in [5, 5.41) is 3.38. The Hall–Kier alpha value is -1.47. The van der Waals surface area contributed by atoms with Crippen LogP contribution in [-0.4, -0.2) is 37.3 Å². The zero-order valence-corrected chi connectivity index (χ0v) is 17.5. The van der Waals surface area contributed by atoms with E-state index in [2.05, 4.69) is 5.32 Å². The number of amides is 1. The smallest absolute Gasteiger partial charge is 0.245 e. The summed E-state index contributed by atoms with van der Waals surface area (Å²) in [5.74, 6) is 1.64. The molecule has 4 aliphatic carbocycles. The summed E-state index contributed by atoms with van der Waals surface area (Å²) >= 11 is 0. The maximum Gasteiger partial charge on any atom is 0.245 e. The minimum atomic E-state index is -3.86. The standard InChI is InChI=1S/C22H29FN2O3S/c23-19-3-1-2-4-20(19)29(27,28)25-6-5-15(14-25)10-21(26)24-22-11-16-7-17(12-22)9-18(8-16)13-22/h1-4,15-18H,5-14H2,(H,24,26). The average molecular weight is 421 g/mol. The number of rotatable bonds is 5. The number of nitrogens with one attached hydrogen (secondary N) is 1. The van der Waals surface area contributed by atoms with Crippen LogP contribution in [0, 0.1) is 29.5 Å². The van der Waals surface area contributed by atoms with Gasteiger partial charge in [-0.25, -0.2) is 12.8 Å². The highest BCUT2D eigenvalue weighted by atomic mass is 32.2. The minimum Gasteiger partial charge on any atom is -0.351 e. The van der Waals surface area contributed by atoms with Crippen molar-refractivity contribution < 1.29 is 17.6 Å². The molecule has 1 aromatic carbocycles. The normalized spacial score (nSPS) is 36.4. The second-order valence-corrected chi connectivity index (χ2v) is 11.8. The minimum absolute atomic E-state index is 0.00883. The number of sulfonamides is 1. The summed E-state index contributed by atoms with van der Waals surface area (Å²) in [4.78, 5) is 12.5. The quantitative estimate of drug-likeness (QED) is 0.795. The van der Waals surface area contributed by atoms with Crippen molar-refractivity contribution in [2.75, 3.05) is 13.1 Å². The summed E-state index contributed by atoms with van der Waals surface area (Å²) in [6.07, 6.45) is 8.34. The maximum atomic E-state index is 14.0. The summed E-state index contributed by atoms with van der Waals surface area (Å²) < 4.78 is 40.9. The highest BCUT2D eigenvalue weighted by Crippen LogP contribution is 2.55. The van der Waals surface area contributed by atoms with E-state index in [0.29, 0.717) is 19.4 Å². The molecule has 1 atom stereocenters. The molecule has 1 aromatic rings. The molecule has 1 amide bonds. The number of benzene rings is 1. The van der Waals surface area contributed by atoms with E-state index in [1.54, 1.807) is 0 Å². The van der Waals surface area contributed by atoms with Crippen molar-refractivity contribution in [3.8, 4) is 0 Å². The van der Waals surface area contributed by atoms with Crippen LogP contribution < -0.4 is 5.32 Å². The number of hydrogen-bond donors (Lipinski definition) is 1. The van der Waals surface area contributed by atoms with Gasteiger partial charge in [0.2, 0.25) is 15.9 Å². The number of carbonyl (C=O) groups excluding carboxylic acids is 1. The van der Waals surface area contributed by atoms with Crippen molar-refractivity contribution in [1.29, 1.82) is 0 Å². The SMILES string of the molecule is O=C(CC1CCN(S(=O)(=O)c2ccccc2F)C1)NC12CC3CC(CC(C3)C1)C2. The Labute approximate surface area is 172 Å². The van der Waals surface area contributed by atoms with Crippen molar-refractivity contribution >= 4 is 15.9 Å². The Morgan fingerprint density at radius 1 is 1.10 bits per heavy atom. The first-order valence-electron chi connectivity index (χ1n) is 10.9. The first-order valence-corrected chi connectivity index (χ1v) is 12.3. The summed E-state index contributed by atoms with van der Waals surface area (Å²) in [5.41, 5.74) is -0.0105. The van der Waals surface area contributed by atoms with Crippen molar-refractivity contribution in [2.45, 2.75) is 61.8 Å². The molecule has 0 aromatic heterocycles. The van der Waals surface area contributed by atoms with Crippen LogP contribution in [0.2, 0.25) is 0 Å². The number of hydrogen-bond acceptors (Lipinski definition) is 3. The summed E-state index contributed by atoms with van der Waals surface area (Å²) in [7, 11) is -3.86. The molecule has 1 aliphatic heterocycles. The number of nitrogens with zero attached hydrogens (tertiary/aromatic N) is 1. The summed E-state index contributed by atoms with van der Waals surface area (Å²) in [6.45, 7) is 0.622. The zero-order valence-electron chi connectivity index (χ0n) is 16.6. The van der Waals surface area contributed by atoms with E-state index >= 15 is 0 Å². The van der Waals surface area contributed by atoms with Gasteiger partial charge in [-0.1, -0.05) is 12.1 Å². The molecule has 1 N–H and O–H groups in total. The van der Waals surface area contributed by atoms with Crippen LogP contribution in [0.5, 0.6) is 0 Å². The predicted molar refractivity (Wildman–Crippen MR) is 107 cm³/mol. The third-order valence-electron chi connectivity index (χ3n) is 7.62. The van der Waals surface area contributed by atoms with Crippen molar-refractivity contribution in [2.24, 2.45) is 23.7 Å². The Morgan fingerprint density at radius 3 is 2.34 bits per heavy atom. The lowest BCUT2D eigenvalue weighted by molar-refractivity contribution is -0.127. The van der Waals surface area contributed by atoms with Gasteiger partial charge < -0.3 is 5.32 Å². The topological polar surface area (TPSA) is 66.5 Å². The fourth-order valence-corrected chi connectivity index (χ4v) is 8.44. The molecule has 158 valence electrons. The molecule has 1 unspecified atom stereocenters. The fourth-order valence-electron chi connectivity index (χ4n) is 6.85. The fraction of sp³-hybridized carbons (Fsp3) is 0.682. The van der Waals surface area contributed by atoms with Crippen LogP contribution in [0.4, 0.5) is 4.39 Å². The van der Waals surface area contributed by atoms with Crippen LogP contribution in [0.3, 0.4) is 0 Å². The molecule has 4 saturated carbocycles. The number of carbonyl (C=O) groups is 1. The van der Waals surface area contributed by atoms with Gasteiger partial charge >= 0.3 is 0 Å². The first kappa shape index (κ1) is 19.5. The van der Waals surface area contributed by atoms with Gasteiger partial charge in [-0.05, 0) is 80.8 Å². The van der Waals surface area contributed by atoms with Gasteiger partial charge in [0.15, 0.2) is 0 Å². The van der Waals surface area contributed by atoms with Gasteiger partial charge in [0.25, 0.3) is 0 Å². The van der Waals surface area contributed by atoms with E-state index in [0.717, 1.165) is 37.0 Å². The third kappa shape index (κ3) is 3.61. The first-order chi connectivity index (χ1) is 13.8. The van der Waals surface area contributed by atoms with Gasteiger partial charge in [-0.3, -0.25) is 4.79 Å². The molecule has 5 nitrogen and oxygen atoms in total. The molecule has 6 rings (SSSR count). The molecule has 0 radical (unpaired) electrons. The molecule has 7 heteroatoms. The lowest BCUT2D eigenvalue weighted by Gasteiger charge is -2.57. The highest BCUT2D eigenvalue weighted by molar-refractivity contribution is 7.89. The van der Waals surface area contributed by atoms with E-state index in [9.17, 15) is 17.6 Å². The van der Waals surface area contributed by atoms with E-state index < -0.39 is 15.8 Å². The van der Waals surface area contributed by atoms with E-state index in [-0.39, 0.29) is 28.8 Å². The largest absolute Gasteiger partial charge is 0.351 e. The maximum absolute atomic E-state index is 14.0. The van der Waals surface area contributed by atoms with Gasteiger partial charge in [-0.2, -0.15) is 4.31 Å². The third-order valence-corrected chi connectivity index (χ3v) is 9.52. The van der Waals surface area contributed by atoms with Crippen LogP contribution in [0.1, 0.15) is 51.4 Å². The zero-order chi connectivity index (χ0) is 20.2. The molecule has 0 spiro atoms. The molecule has 29 heavy (non-hydrogen) atoms. The molecular weight excluding hydrogens is 391 g/mol. The van der Waals surface area contributed by atoms with Crippen LogP contribution in [0.15, 0.2) is 29.2 Å². The Bertz CT molecular complexity index is 881. The van der Waals surface area contributed by atoms with Gasteiger partial charge in [-0.15, -0.1) is 0 Å². The van der Waals surface area contributed by atoms with E-state index in [4.69, 9.17) is 0 Å². The second kappa shape index (κ2) is 7.05. The number of halogens is 1. The van der Waals surface area contributed by atoms with Crippen molar-refractivity contribution in [1.82, 2.24) is 9.62 Å². The lowest BCUT2D eigenvalue weighted by atomic mass is 9.53. The lowest BCUT2D eigenvalue weighted by Crippen LogP contribution is -2.60. The molecular formula is C22H29FN2O3S. The Morgan fingerprint density at radius 2 is 1.72 bits per heavy atom. The van der Waals surface area contributed by atoms with E-state index in [1.807, 2.05) is 0 Å². The molecule has 5 aliphatic rings. The van der Waals surface area contributed by atoms with Crippen LogP contribution in [0.25, 0.3) is 0 Å².